The maximum Gasteiger partial charge on any atom is 0.0230 e. The van der Waals surface area contributed by atoms with Gasteiger partial charge in [-0.05, 0) is 24.9 Å². The lowest BCUT2D eigenvalue weighted by atomic mass is 9.92. The molecule has 19 heavy (non-hydrogen) atoms. The van der Waals surface area contributed by atoms with E-state index < -0.39 is 0 Å². The van der Waals surface area contributed by atoms with Gasteiger partial charge < -0.3 is 10.2 Å². The van der Waals surface area contributed by atoms with Gasteiger partial charge in [-0.15, -0.1) is 0 Å². The van der Waals surface area contributed by atoms with Gasteiger partial charge in [0, 0.05) is 25.7 Å². The molecular weight excluding hydrogens is 232 g/mol. The van der Waals surface area contributed by atoms with Crippen LogP contribution in [0, 0.1) is 12.3 Å². The van der Waals surface area contributed by atoms with Crippen molar-refractivity contribution in [2.45, 2.75) is 47.2 Å². The number of aryl methyl sites for hydroxylation is 1. The van der Waals surface area contributed by atoms with Gasteiger partial charge >= 0.3 is 0 Å². The van der Waals surface area contributed by atoms with Crippen LogP contribution in [0.4, 0.5) is 0 Å². The van der Waals surface area contributed by atoms with Crippen LogP contribution in [0.5, 0.6) is 0 Å². The first kappa shape index (κ1) is 16.2. The van der Waals surface area contributed by atoms with E-state index in [1.165, 1.54) is 11.1 Å². The Morgan fingerprint density at radius 1 is 1.16 bits per heavy atom. The first-order chi connectivity index (χ1) is 8.78. The number of hydrogen-bond donors (Lipinski definition) is 1. The Hall–Kier alpha value is -0.860. The molecule has 0 saturated heterocycles. The topological polar surface area (TPSA) is 15.3 Å². The Morgan fingerprint density at radius 3 is 2.26 bits per heavy atom. The molecule has 1 rings (SSSR count). The van der Waals surface area contributed by atoms with Crippen LogP contribution in [-0.2, 0) is 6.54 Å². The van der Waals surface area contributed by atoms with Gasteiger partial charge in [-0.2, -0.15) is 0 Å². The molecule has 0 aliphatic carbocycles. The molecule has 0 unspecified atom stereocenters. The average molecular weight is 262 g/mol. The van der Waals surface area contributed by atoms with Crippen molar-refractivity contribution in [3.63, 3.8) is 0 Å². The van der Waals surface area contributed by atoms with E-state index in [1.807, 2.05) is 0 Å². The van der Waals surface area contributed by atoms with Gasteiger partial charge in [0.2, 0.25) is 0 Å². The summed E-state index contributed by atoms with van der Waals surface area (Å²) in [5, 5.41) is 3.54. The average Bonchev–Trinajstić information content (AvgIpc) is 2.29. The van der Waals surface area contributed by atoms with Crippen molar-refractivity contribution in [1.82, 2.24) is 10.2 Å². The van der Waals surface area contributed by atoms with E-state index in [1.54, 1.807) is 0 Å². The van der Waals surface area contributed by atoms with Crippen LogP contribution in [0.15, 0.2) is 24.3 Å². The highest BCUT2D eigenvalue weighted by Crippen LogP contribution is 2.17. The highest BCUT2D eigenvalue weighted by molar-refractivity contribution is 5.21. The Bertz CT molecular complexity index is 365. The third-order valence-electron chi connectivity index (χ3n) is 3.26. The molecule has 2 nitrogen and oxygen atoms in total. The van der Waals surface area contributed by atoms with Crippen molar-refractivity contribution in [2.75, 3.05) is 20.1 Å². The zero-order valence-electron chi connectivity index (χ0n) is 13.5. The number of nitrogens with zero attached hydrogens (tertiary/aromatic N) is 1. The summed E-state index contributed by atoms with van der Waals surface area (Å²) in [6.45, 7) is 14.4. The molecule has 0 heterocycles. The standard InChI is InChI=1S/C17H30N2/c1-14(2)18-12-17(4,5)13-19(6)11-16-9-7-15(3)8-10-16/h7-10,14,18H,11-13H2,1-6H3. The molecular formula is C17H30N2. The molecule has 0 fully saturated rings. The minimum absolute atomic E-state index is 0.295. The first-order valence-electron chi connectivity index (χ1n) is 7.26. The van der Waals surface area contributed by atoms with Gasteiger partial charge in [-0.25, -0.2) is 0 Å². The van der Waals surface area contributed by atoms with Crippen LogP contribution in [0.3, 0.4) is 0 Å². The number of nitrogens with one attached hydrogen (secondary N) is 1. The smallest absolute Gasteiger partial charge is 0.0230 e. The van der Waals surface area contributed by atoms with E-state index in [2.05, 4.69) is 76.1 Å². The minimum Gasteiger partial charge on any atom is -0.314 e. The molecule has 0 radical (unpaired) electrons. The van der Waals surface area contributed by atoms with Gasteiger partial charge in [0.25, 0.3) is 0 Å². The van der Waals surface area contributed by atoms with Crippen LogP contribution < -0.4 is 5.32 Å². The molecule has 0 bridgehead atoms. The van der Waals surface area contributed by atoms with Crippen molar-refractivity contribution >= 4 is 0 Å². The predicted molar refractivity (Wildman–Crippen MR) is 84.4 cm³/mol. The number of rotatable bonds is 7. The van der Waals surface area contributed by atoms with Crippen molar-refractivity contribution in [1.29, 1.82) is 0 Å². The summed E-state index contributed by atoms with van der Waals surface area (Å²) in [6, 6.07) is 9.39. The monoisotopic (exact) mass is 262 g/mol. The fourth-order valence-corrected chi connectivity index (χ4v) is 2.33. The predicted octanol–water partition coefficient (Wildman–Crippen LogP) is 3.45. The summed E-state index contributed by atoms with van der Waals surface area (Å²) in [6.07, 6.45) is 0. The Morgan fingerprint density at radius 2 is 1.74 bits per heavy atom. The molecule has 2 heteroatoms. The van der Waals surface area contributed by atoms with Gasteiger partial charge in [-0.1, -0.05) is 57.5 Å². The van der Waals surface area contributed by atoms with E-state index in [0.717, 1.165) is 19.6 Å². The lowest BCUT2D eigenvalue weighted by molar-refractivity contribution is 0.195. The van der Waals surface area contributed by atoms with E-state index in [-0.39, 0.29) is 0 Å². The summed E-state index contributed by atoms with van der Waals surface area (Å²) in [5.74, 6) is 0. The van der Waals surface area contributed by atoms with Gasteiger partial charge in [-0.3, -0.25) is 0 Å². The third kappa shape index (κ3) is 6.74. The zero-order chi connectivity index (χ0) is 14.5. The lowest BCUT2D eigenvalue weighted by Crippen LogP contribution is -2.40. The van der Waals surface area contributed by atoms with E-state index in [0.29, 0.717) is 11.5 Å². The molecule has 0 atom stereocenters. The first-order valence-corrected chi connectivity index (χ1v) is 7.26. The SMILES string of the molecule is Cc1ccc(CN(C)CC(C)(C)CNC(C)C)cc1. The van der Waals surface area contributed by atoms with Crippen LogP contribution in [0.2, 0.25) is 0 Å². The molecule has 108 valence electrons. The quantitative estimate of drug-likeness (QED) is 0.809. The largest absolute Gasteiger partial charge is 0.314 e. The zero-order valence-corrected chi connectivity index (χ0v) is 13.5. The van der Waals surface area contributed by atoms with Crippen molar-refractivity contribution < 1.29 is 0 Å². The number of benzene rings is 1. The Labute approximate surface area is 119 Å². The van der Waals surface area contributed by atoms with Crippen LogP contribution >= 0.6 is 0 Å². The molecule has 0 aromatic heterocycles. The van der Waals surface area contributed by atoms with Crippen molar-refractivity contribution in [3.05, 3.63) is 35.4 Å². The van der Waals surface area contributed by atoms with Crippen molar-refractivity contribution in [2.24, 2.45) is 5.41 Å². The summed E-state index contributed by atoms with van der Waals surface area (Å²) in [5.41, 5.74) is 3.01. The Kier molecular flexibility index (Phi) is 6.02. The van der Waals surface area contributed by atoms with Gasteiger partial charge in [0.15, 0.2) is 0 Å². The van der Waals surface area contributed by atoms with Crippen LogP contribution in [0.1, 0.15) is 38.8 Å². The van der Waals surface area contributed by atoms with E-state index in [4.69, 9.17) is 0 Å². The molecule has 0 aliphatic heterocycles. The summed E-state index contributed by atoms with van der Waals surface area (Å²) < 4.78 is 0. The fraction of sp³-hybridized carbons (Fsp3) is 0.647. The number of hydrogen-bond acceptors (Lipinski definition) is 2. The highest BCUT2D eigenvalue weighted by atomic mass is 15.1. The lowest BCUT2D eigenvalue weighted by Gasteiger charge is -2.31. The molecule has 0 amide bonds. The van der Waals surface area contributed by atoms with E-state index >= 15 is 0 Å². The minimum atomic E-state index is 0.295. The molecule has 0 aliphatic rings. The van der Waals surface area contributed by atoms with Gasteiger partial charge in [0.05, 0.1) is 0 Å². The molecule has 0 saturated carbocycles. The second-order valence-corrected chi connectivity index (χ2v) is 6.86. The maximum absolute atomic E-state index is 3.54. The van der Waals surface area contributed by atoms with Crippen LogP contribution in [0.25, 0.3) is 0 Å². The second-order valence-electron chi connectivity index (χ2n) is 6.86. The summed E-state index contributed by atoms with van der Waals surface area (Å²) in [4.78, 5) is 2.41. The highest BCUT2D eigenvalue weighted by Gasteiger charge is 2.20. The normalized spacial score (nSPS) is 12.4. The molecule has 1 aromatic carbocycles. The maximum atomic E-state index is 3.54. The molecule has 1 aromatic rings. The van der Waals surface area contributed by atoms with E-state index in [9.17, 15) is 0 Å². The Balaban J connectivity index is 2.45. The molecule has 1 N–H and O–H groups in total. The summed E-state index contributed by atoms with van der Waals surface area (Å²) >= 11 is 0. The second kappa shape index (κ2) is 7.06. The van der Waals surface area contributed by atoms with Gasteiger partial charge in [0.1, 0.15) is 0 Å². The van der Waals surface area contributed by atoms with Crippen molar-refractivity contribution in [3.8, 4) is 0 Å². The summed E-state index contributed by atoms with van der Waals surface area (Å²) in [7, 11) is 2.21. The molecule has 0 spiro atoms. The fourth-order valence-electron chi connectivity index (χ4n) is 2.33. The van der Waals surface area contributed by atoms with Crippen LogP contribution in [-0.4, -0.2) is 31.1 Å². The third-order valence-corrected chi connectivity index (χ3v) is 3.26.